The number of likely N-dealkylation sites (N-methyl/N-ethyl adjacent to an activating group) is 1. The predicted octanol–water partition coefficient (Wildman–Crippen LogP) is 5.64. The van der Waals surface area contributed by atoms with E-state index in [1.165, 1.54) is 27.8 Å². The number of hydrogen-bond donors (Lipinski definition) is 0. The maximum Gasteiger partial charge on any atom is 0.265 e. The molecule has 0 saturated carbocycles. The molecule has 2 aromatic carbocycles. The summed E-state index contributed by atoms with van der Waals surface area (Å²) in [5.41, 5.74) is 3.21. The minimum absolute atomic E-state index is 0.118. The molecule has 1 heterocycles. The lowest BCUT2D eigenvalue weighted by molar-refractivity contribution is -0.121. The summed E-state index contributed by atoms with van der Waals surface area (Å²) in [4.78, 5) is 14.3. The second kappa shape index (κ2) is 9.65. The molecule has 1 amide bonds. The van der Waals surface area contributed by atoms with Crippen molar-refractivity contribution in [2.75, 3.05) is 20.3 Å². The van der Waals surface area contributed by atoms with Crippen LogP contribution in [0.25, 0.3) is 6.08 Å². The largest absolute Gasteiger partial charge is 0.493 e. The van der Waals surface area contributed by atoms with Crippen molar-refractivity contribution in [3.8, 4) is 11.5 Å². The van der Waals surface area contributed by atoms with Gasteiger partial charge in [-0.25, -0.2) is 0 Å². The highest BCUT2D eigenvalue weighted by Crippen LogP contribution is 2.34. The van der Waals surface area contributed by atoms with Crippen molar-refractivity contribution < 1.29 is 14.3 Å². The lowest BCUT2D eigenvalue weighted by Gasteiger charge is -2.11. The Morgan fingerprint density at radius 1 is 1.10 bits per heavy atom. The number of aryl methyl sites for hydroxylation is 2. The Balaban J connectivity index is 1.59. The highest BCUT2D eigenvalue weighted by atomic mass is 35.5. The fourth-order valence-electron chi connectivity index (χ4n) is 2.69. The van der Waals surface area contributed by atoms with Gasteiger partial charge in [-0.15, -0.1) is 0 Å². The smallest absolute Gasteiger partial charge is 0.265 e. The summed E-state index contributed by atoms with van der Waals surface area (Å²) in [7, 11) is 1.67. The molecule has 0 aromatic heterocycles. The van der Waals surface area contributed by atoms with E-state index in [1.807, 2.05) is 18.2 Å². The van der Waals surface area contributed by atoms with E-state index in [4.69, 9.17) is 33.3 Å². The number of rotatable bonds is 7. The van der Waals surface area contributed by atoms with E-state index in [0.29, 0.717) is 33.2 Å². The minimum atomic E-state index is -0.118. The molecular formula is C22H22ClNO3S2. The Kier molecular flexibility index (Phi) is 7.22. The maximum absolute atomic E-state index is 12.3. The van der Waals surface area contributed by atoms with Gasteiger partial charge in [-0.1, -0.05) is 41.6 Å². The summed E-state index contributed by atoms with van der Waals surface area (Å²) >= 11 is 12.6. The standard InChI is InChI=1S/C22H22ClNO3S2/c1-14-5-7-18(11-15(14)2)26-9-4-10-27-19-8-6-17(23)12-16(19)13-20-21(25)24(3)22(28)29-20/h5-8,11-13H,4,9-10H2,1-3H3. The third kappa shape index (κ3) is 5.53. The zero-order valence-electron chi connectivity index (χ0n) is 16.5. The maximum atomic E-state index is 12.3. The molecule has 0 atom stereocenters. The fraction of sp³-hybridized carbons (Fsp3) is 0.273. The molecule has 1 saturated heterocycles. The third-order valence-corrected chi connectivity index (χ3v) is 6.26. The Hall–Kier alpha value is -2.02. The van der Waals surface area contributed by atoms with Crippen molar-refractivity contribution in [3.05, 3.63) is 63.0 Å². The molecule has 29 heavy (non-hydrogen) atoms. The van der Waals surface area contributed by atoms with Gasteiger partial charge in [-0.2, -0.15) is 0 Å². The molecule has 0 bridgehead atoms. The predicted molar refractivity (Wildman–Crippen MR) is 124 cm³/mol. The zero-order chi connectivity index (χ0) is 21.0. The quantitative estimate of drug-likeness (QED) is 0.312. The Bertz CT molecular complexity index is 975. The van der Waals surface area contributed by atoms with Gasteiger partial charge in [0, 0.05) is 24.1 Å². The number of benzene rings is 2. The second-order valence-electron chi connectivity index (χ2n) is 6.72. The molecule has 1 aliphatic rings. The fourth-order valence-corrected chi connectivity index (χ4v) is 4.04. The van der Waals surface area contributed by atoms with Gasteiger partial charge in [0.15, 0.2) is 0 Å². The Labute approximate surface area is 185 Å². The van der Waals surface area contributed by atoms with Crippen LogP contribution in [-0.4, -0.2) is 35.4 Å². The number of hydrogen-bond acceptors (Lipinski definition) is 5. The monoisotopic (exact) mass is 447 g/mol. The van der Waals surface area contributed by atoms with Crippen LogP contribution < -0.4 is 9.47 Å². The number of carbonyl (C=O) groups excluding carboxylic acids is 1. The summed E-state index contributed by atoms with van der Waals surface area (Å²) < 4.78 is 12.3. The highest BCUT2D eigenvalue weighted by Gasteiger charge is 2.29. The van der Waals surface area contributed by atoms with Gasteiger partial charge in [-0.05, 0) is 61.4 Å². The topological polar surface area (TPSA) is 38.8 Å². The van der Waals surface area contributed by atoms with Crippen LogP contribution >= 0.6 is 35.6 Å². The summed E-state index contributed by atoms with van der Waals surface area (Å²) in [6, 6.07) is 11.4. The van der Waals surface area contributed by atoms with Crippen molar-refractivity contribution >= 4 is 51.9 Å². The first-order valence-electron chi connectivity index (χ1n) is 9.19. The zero-order valence-corrected chi connectivity index (χ0v) is 18.9. The van der Waals surface area contributed by atoms with Gasteiger partial charge in [0.05, 0.1) is 18.1 Å². The van der Waals surface area contributed by atoms with E-state index in [1.54, 1.807) is 25.3 Å². The van der Waals surface area contributed by atoms with Crippen molar-refractivity contribution in [2.24, 2.45) is 0 Å². The molecule has 0 aliphatic carbocycles. The highest BCUT2D eigenvalue weighted by molar-refractivity contribution is 8.26. The van der Waals surface area contributed by atoms with Crippen LogP contribution in [0.3, 0.4) is 0 Å². The Morgan fingerprint density at radius 2 is 1.86 bits per heavy atom. The molecule has 0 N–H and O–H groups in total. The number of carbonyl (C=O) groups is 1. The lowest BCUT2D eigenvalue weighted by Crippen LogP contribution is -2.22. The molecule has 0 spiro atoms. The summed E-state index contributed by atoms with van der Waals surface area (Å²) in [6.07, 6.45) is 2.50. The first-order chi connectivity index (χ1) is 13.8. The van der Waals surface area contributed by atoms with Gasteiger partial charge >= 0.3 is 0 Å². The van der Waals surface area contributed by atoms with Gasteiger partial charge in [0.1, 0.15) is 15.8 Å². The van der Waals surface area contributed by atoms with Gasteiger partial charge in [-0.3, -0.25) is 9.69 Å². The molecule has 2 aromatic rings. The average molecular weight is 448 g/mol. The molecule has 4 nitrogen and oxygen atoms in total. The number of nitrogens with zero attached hydrogens (tertiary/aromatic N) is 1. The van der Waals surface area contributed by atoms with E-state index >= 15 is 0 Å². The van der Waals surface area contributed by atoms with Crippen molar-refractivity contribution in [3.63, 3.8) is 0 Å². The van der Waals surface area contributed by atoms with Crippen LogP contribution in [0.1, 0.15) is 23.1 Å². The SMILES string of the molecule is Cc1ccc(OCCCOc2ccc(Cl)cc2C=C2SC(=S)N(C)C2=O)cc1C. The van der Waals surface area contributed by atoms with Crippen LogP contribution in [0.5, 0.6) is 11.5 Å². The number of ether oxygens (including phenoxy) is 2. The molecule has 0 radical (unpaired) electrons. The van der Waals surface area contributed by atoms with Crippen LogP contribution in [0.15, 0.2) is 41.3 Å². The van der Waals surface area contributed by atoms with Crippen molar-refractivity contribution in [2.45, 2.75) is 20.3 Å². The van der Waals surface area contributed by atoms with Crippen LogP contribution in [0.2, 0.25) is 5.02 Å². The molecule has 152 valence electrons. The van der Waals surface area contributed by atoms with Crippen LogP contribution in [-0.2, 0) is 4.79 Å². The van der Waals surface area contributed by atoms with E-state index in [-0.39, 0.29) is 5.91 Å². The molecule has 1 fully saturated rings. The molecule has 0 unspecified atom stereocenters. The summed E-state index contributed by atoms with van der Waals surface area (Å²) in [5, 5.41) is 0.577. The first kappa shape index (κ1) is 21.7. The summed E-state index contributed by atoms with van der Waals surface area (Å²) in [6.45, 7) is 5.19. The number of thioether (sulfide) groups is 1. The second-order valence-corrected chi connectivity index (χ2v) is 8.83. The van der Waals surface area contributed by atoms with Crippen molar-refractivity contribution in [1.29, 1.82) is 0 Å². The molecule has 1 aliphatic heterocycles. The van der Waals surface area contributed by atoms with Crippen LogP contribution in [0, 0.1) is 13.8 Å². The van der Waals surface area contributed by atoms with E-state index < -0.39 is 0 Å². The van der Waals surface area contributed by atoms with E-state index in [2.05, 4.69) is 19.9 Å². The minimum Gasteiger partial charge on any atom is -0.493 e. The van der Waals surface area contributed by atoms with Gasteiger partial charge in [0.2, 0.25) is 0 Å². The normalized spacial score (nSPS) is 15.3. The van der Waals surface area contributed by atoms with Crippen molar-refractivity contribution in [1.82, 2.24) is 4.90 Å². The van der Waals surface area contributed by atoms with E-state index in [9.17, 15) is 4.79 Å². The summed E-state index contributed by atoms with van der Waals surface area (Å²) in [5.74, 6) is 1.41. The molecule has 3 rings (SSSR count). The Morgan fingerprint density at radius 3 is 2.55 bits per heavy atom. The van der Waals surface area contributed by atoms with E-state index in [0.717, 1.165) is 17.7 Å². The van der Waals surface area contributed by atoms with Gasteiger partial charge < -0.3 is 9.47 Å². The van der Waals surface area contributed by atoms with Gasteiger partial charge in [0.25, 0.3) is 5.91 Å². The number of thiocarbonyl (C=S) groups is 1. The number of halogens is 1. The number of amides is 1. The first-order valence-corrected chi connectivity index (χ1v) is 10.8. The molecular weight excluding hydrogens is 426 g/mol. The lowest BCUT2D eigenvalue weighted by atomic mass is 10.1. The average Bonchev–Trinajstić information content (AvgIpc) is 2.92. The molecule has 7 heteroatoms. The van der Waals surface area contributed by atoms with Crippen LogP contribution in [0.4, 0.5) is 0 Å². The third-order valence-electron chi connectivity index (χ3n) is 4.54.